The molecule has 0 saturated heterocycles. The maximum absolute atomic E-state index is 9.74. The van der Waals surface area contributed by atoms with Crippen molar-refractivity contribution >= 4 is 0 Å². The van der Waals surface area contributed by atoms with Gasteiger partial charge in [-0.25, -0.2) is 0 Å². The van der Waals surface area contributed by atoms with Crippen LogP contribution in [0.5, 0.6) is 0 Å². The van der Waals surface area contributed by atoms with E-state index in [1.165, 1.54) is 0 Å². The Kier molecular flexibility index (Phi) is 3.69. The summed E-state index contributed by atoms with van der Waals surface area (Å²) in [6.07, 6.45) is 1.76. The van der Waals surface area contributed by atoms with Crippen molar-refractivity contribution in [2.24, 2.45) is 0 Å². The van der Waals surface area contributed by atoms with Crippen LogP contribution in [0.3, 0.4) is 0 Å². The average Bonchev–Trinajstić information content (AvgIpc) is 3.01. The highest BCUT2D eigenvalue weighted by molar-refractivity contribution is 5.32. The largest absolute Gasteiger partial charge is 0.315 e. The third-order valence-electron chi connectivity index (χ3n) is 4.06. The van der Waals surface area contributed by atoms with Gasteiger partial charge < -0.3 is 4.57 Å². The van der Waals surface area contributed by atoms with E-state index in [4.69, 9.17) is 0 Å². The molecule has 2 aromatic rings. The zero-order chi connectivity index (χ0) is 14.7. The summed E-state index contributed by atoms with van der Waals surface area (Å²) >= 11 is 0. The SMILES string of the molecule is CNC(C#N)(CN1CCn2cnnc2C1)c1ccccc1. The third-order valence-corrected chi connectivity index (χ3v) is 4.06. The van der Waals surface area contributed by atoms with Gasteiger partial charge in [0.05, 0.1) is 12.6 Å². The smallest absolute Gasteiger partial charge is 0.147 e. The van der Waals surface area contributed by atoms with E-state index in [0.29, 0.717) is 6.54 Å². The van der Waals surface area contributed by atoms with Gasteiger partial charge in [0.2, 0.25) is 0 Å². The highest BCUT2D eigenvalue weighted by Gasteiger charge is 2.34. The number of likely N-dealkylation sites (N-methyl/N-ethyl adjacent to an activating group) is 1. The molecule has 0 radical (unpaired) electrons. The van der Waals surface area contributed by atoms with Crippen molar-refractivity contribution in [1.82, 2.24) is 25.0 Å². The standard InChI is InChI=1S/C15H18N6/c1-17-15(10-16,13-5-3-2-4-6-13)11-20-7-8-21-12-18-19-14(21)9-20/h2-6,12,17H,7-9,11H2,1H3. The van der Waals surface area contributed by atoms with E-state index in [2.05, 4.69) is 31.1 Å². The molecule has 0 amide bonds. The highest BCUT2D eigenvalue weighted by atomic mass is 15.3. The molecule has 6 nitrogen and oxygen atoms in total. The first-order valence-corrected chi connectivity index (χ1v) is 7.02. The molecule has 6 heteroatoms. The predicted octanol–water partition coefficient (Wildman–Crippen LogP) is 0.732. The minimum absolute atomic E-state index is 0.622. The van der Waals surface area contributed by atoms with Crippen LogP contribution in [-0.4, -0.2) is 39.8 Å². The van der Waals surface area contributed by atoms with Crippen LogP contribution in [-0.2, 0) is 18.6 Å². The van der Waals surface area contributed by atoms with Crippen LogP contribution >= 0.6 is 0 Å². The zero-order valence-corrected chi connectivity index (χ0v) is 12.0. The van der Waals surface area contributed by atoms with Crippen LogP contribution in [0.15, 0.2) is 36.7 Å². The predicted molar refractivity (Wildman–Crippen MR) is 78.1 cm³/mol. The lowest BCUT2D eigenvalue weighted by molar-refractivity contribution is 0.175. The average molecular weight is 282 g/mol. The Labute approximate surface area is 124 Å². The van der Waals surface area contributed by atoms with Crippen molar-refractivity contribution in [2.75, 3.05) is 20.1 Å². The normalized spacial score (nSPS) is 17.7. The van der Waals surface area contributed by atoms with E-state index >= 15 is 0 Å². The van der Waals surface area contributed by atoms with Crippen molar-refractivity contribution in [3.05, 3.63) is 48.0 Å². The second-order valence-electron chi connectivity index (χ2n) is 5.28. The maximum Gasteiger partial charge on any atom is 0.147 e. The Balaban J connectivity index is 1.83. The summed E-state index contributed by atoms with van der Waals surface area (Å²) < 4.78 is 2.06. The lowest BCUT2D eigenvalue weighted by Gasteiger charge is -2.35. The van der Waals surface area contributed by atoms with Crippen LogP contribution in [0.2, 0.25) is 0 Å². The highest BCUT2D eigenvalue weighted by Crippen LogP contribution is 2.23. The topological polar surface area (TPSA) is 69.8 Å². The molecule has 2 heterocycles. The van der Waals surface area contributed by atoms with Crippen LogP contribution in [0, 0.1) is 11.3 Å². The van der Waals surface area contributed by atoms with Crippen LogP contribution in [0.25, 0.3) is 0 Å². The molecule has 0 aliphatic carbocycles. The van der Waals surface area contributed by atoms with Gasteiger partial charge in [-0.2, -0.15) is 5.26 Å². The number of fused-ring (bicyclic) bond motifs is 1. The minimum atomic E-state index is -0.705. The van der Waals surface area contributed by atoms with Crippen LogP contribution < -0.4 is 5.32 Å². The number of rotatable bonds is 4. The monoisotopic (exact) mass is 282 g/mol. The zero-order valence-electron chi connectivity index (χ0n) is 12.0. The summed E-state index contributed by atoms with van der Waals surface area (Å²) in [7, 11) is 1.84. The summed E-state index contributed by atoms with van der Waals surface area (Å²) in [6, 6.07) is 12.3. The molecule has 0 spiro atoms. The number of nitrogens with zero attached hydrogens (tertiary/aromatic N) is 5. The molecule has 1 atom stereocenters. The molecule has 0 bridgehead atoms. The van der Waals surface area contributed by atoms with E-state index in [-0.39, 0.29) is 0 Å². The fraction of sp³-hybridized carbons (Fsp3) is 0.400. The van der Waals surface area contributed by atoms with Gasteiger partial charge in [0.1, 0.15) is 17.7 Å². The van der Waals surface area contributed by atoms with Gasteiger partial charge in [0.25, 0.3) is 0 Å². The number of nitriles is 1. The Hall–Kier alpha value is -2.23. The molecule has 0 fully saturated rings. The first-order chi connectivity index (χ1) is 10.3. The minimum Gasteiger partial charge on any atom is -0.315 e. The first kappa shape index (κ1) is 13.7. The number of aromatic nitrogens is 3. The molecule has 1 unspecified atom stereocenters. The second-order valence-corrected chi connectivity index (χ2v) is 5.28. The molecule has 3 rings (SSSR count). The van der Waals surface area contributed by atoms with E-state index in [9.17, 15) is 5.26 Å². The summed E-state index contributed by atoms with van der Waals surface area (Å²) in [4.78, 5) is 2.25. The van der Waals surface area contributed by atoms with Gasteiger partial charge in [0.15, 0.2) is 0 Å². The van der Waals surface area contributed by atoms with E-state index in [0.717, 1.165) is 31.0 Å². The van der Waals surface area contributed by atoms with Crippen molar-refractivity contribution in [3.63, 3.8) is 0 Å². The summed E-state index contributed by atoms with van der Waals surface area (Å²) in [5.41, 5.74) is 0.283. The quantitative estimate of drug-likeness (QED) is 0.895. The Morgan fingerprint density at radius 2 is 2.14 bits per heavy atom. The van der Waals surface area contributed by atoms with Crippen LogP contribution in [0.1, 0.15) is 11.4 Å². The fourth-order valence-electron chi connectivity index (χ4n) is 2.78. The molecular weight excluding hydrogens is 264 g/mol. The van der Waals surface area contributed by atoms with Gasteiger partial charge in [-0.3, -0.25) is 10.2 Å². The molecule has 1 aliphatic heterocycles. The first-order valence-electron chi connectivity index (χ1n) is 7.02. The molecule has 108 valence electrons. The van der Waals surface area contributed by atoms with Gasteiger partial charge in [-0.15, -0.1) is 10.2 Å². The molecule has 1 aromatic heterocycles. The van der Waals surface area contributed by atoms with Gasteiger partial charge in [0, 0.05) is 19.6 Å². The number of hydrogen-bond acceptors (Lipinski definition) is 5. The van der Waals surface area contributed by atoms with Gasteiger partial charge >= 0.3 is 0 Å². The van der Waals surface area contributed by atoms with E-state index in [1.54, 1.807) is 6.33 Å². The van der Waals surface area contributed by atoms with E-state index < -0.39 is 5.54 Å². The Morgan fingerprint density at radius 3 is 2.86 bits per heavy atom. The fourth-order valence-corrected chi connectivity index (χ4v) is 2.78. The van der Waals surface area contributed by atoms with Crippen molar-refractivity contribution in [1.29, 1.82) is 5.26 Å². The number of nitrogens with one attached hydrogen (secondary N) is 1. The van der Waals surface area contributed by atoms with E-state index in [1.807, 2.05) is 37.4 Å². The molecular formula is C15H18N6. The maximum atomic E-state index is 9.74. The Morgan fingerprint density at radius 1 is 1.33 bits per heavy atom. The summed E-state index contributed by atoms with van der Waals surface area (Å²) in [5, 5.41) is 21.0. The summed E-state index contributed by atoms with van der Waals surface area (Å²) in [5.74, 6) is 0.956. The van der Waals surface area contributed by atoms with Crippen molar-refractivity contribution in [3.8, 4) is 6.07 Å². The molecule has 1 aromatic carbocycles. The Bertz CT molecular complexity index is 644. The third kappa shape index (κ3) is 2.53. The molecule has 0 saturated carbocycles. The molecule has 1 aliphatic rings. The molecule has 21 heavy (non-hydrogen) atoms. The second kappa shape index (κ2) is 5.64. The van der Waals surface area contributed by atoms with Crippen LogP contribution in [0.4, 0.5) is 0 Å². The lowest BCUT2D eigenvalue weighted by atomic mass is 9.90. The van der Waals surface area contributed by atoms with Gasteiger partial charge in [-0.1, -0.05) is 30.3 Å². The van der Waals surface area contributed by atoms with Crippen molar-refractivity contribution < 1.29 is 0 Å². The number of hydrogen-bond donors (Lipinski definition) is 1. The lowest BCUT2D eigenvalue weighted by Crippen LogP contribution is -2.50. The van der Waals surface area contributed by atoms with Gasteiger partial charge in [-0.05, 0) is 12.6 Å². The van der Waals surface area contributed by atoms with Crippen molar-refractivity contribution in [2.45, 2.75) is 18.6 Å². The number of benzene rings is 1. The molecule has 1 N–H and O–H groups in total. The summed E-state index contributed by atoms with van der Waals surface area (Å²) in [6.45, 7) is 3.10.